The number of hydrogen-bond donors (Lipinski definition) is 3. The quantitative estimate of drug-likeness (QED) is 0.532. The highest BCUT2D eigenvalue weighted by Crippen LogP contribution is 2.31. The predicted molar refractivity (Wildman–Crippen MR) is 117 cm³/mol. The molecule has 2 unspecified atom stereocenters. The molecule has 2 aromatic heterocycles. The number of anilines is 2. The molecular formula is C23H22F3N5O2. The van der Waals surface area contributed by atoms with Crippen LogP contribution in [0.25, 0.3) is 11.3 Å². The summed E-state index contributed by atoms with van der Waals surface area (Å²) in [5.74, 6) is -3.55. The zero-order valence-electron chi connectivity index (χ0n) is 17.5. The lowest BCUT2D eigenvalue weighted by molar-refractivity contribution is 0.102. The number of carbonyl (C=O) groups excluding carboxylic acids is 1. The van der Waals surface area contributed by atoms with E-state index in [-0.39, 0.29) is 23.5 Å². The van der Waals surface area contributed by atoms with E-state index in [9.17, 15) is 18.0 Å². The highest BCUT2D eigenvalue weighted by Gasteiger charge is 2.24. The minimum Gasteiger partial charge on any atom is -0.488 e. The van der Waals surface area contributed by atoms with Gasteiger partial charge in [0.1, 0.15) is 34.9 Å². The van der Waals surface area contributed by atoms with Gasteiger partial charge in [-0.05, 0) is 37.8 Å². The highest BCUT2D eigenvalue weighted by atomic mass is 19.1. The first kappa shape index (κ1) is 22.5. The fraction of sp³-hybridized carbons (Fsp3) is 0.261. The maximum absolute atomic E-state index is 14.5. The molecule has 0 aliphatic heterocycles. The number of pyridine rings is 2. The maximum atomic E-state index is 14.5. The molecule has 2 atom stereocenters. The number of aromatic nitrogens is 2. The Hall–Kier alpha value is -3.66. The number of nitrogens with one attached hydrogen (secondary N) is 1. The fourth-order valence-corrected chi connectivity index (χ4v) is 3.81. The Morgan fingerprint density at radius 1 is 1.12 bits per heavy atom. The van der Waals surface area contributed by atoms with E-state index in [4.69, 9.17) is 16.2 Å². The van der Waals surface area contributed by atoms with Gasteiger partial charge in [-0.25, -0.2) is 18.2 Å². The Morgan fingerprint density at radius 3 is 2.61 bits per heavy atom. The molecule has 7 nitrogen and oxygen atoms in total. The van der Waals surface area contributed by atoms with Crippen LogP contribution in [0.2, 0.25) is 0 Å². The third-order valence-corrected chi connectivity index (χ3v) is 5.41. The van der Waals surface area contributed by atoms with Crippen molar-refractivity contribution in [3.63, 3.8) is 0 Å². The molecule has 0 bridgehead atoms. The van der Waals surface area contributed by atoms with Crippen LogP contribution < -0.4 is 21.5 Å². The normalized spacial score (nSPS) is 18.1. The Balaban J connectivity index is 1.62. The summed E-state index contributed by atoms with van der Waals surface area (Å²) in [5.41, 5.74) is 10.00. The van der Waals surface area contributed by atoms with E-state index in [2.05, 4.69) is 15.3 Å². The van der Waals surface area contributed by atoms with Gasteiger partial charge in [0.25, 0.3) is 5.91 Å². The van der Waals surface area contributed by atoms with E-state index < -0.39 is 40.3 Å². The van der Waals surface area contributed by atoms with Crippen molar-refractivity contribution in [3.05, 3.63) is 65.9 Å². The van der Waals surface area contributed by atoms with Crippen LogP contribution in [0.5, 0.6) is 5.75 Å². The van der Waals surface area contributed by atoms with Gasteiger partial charge in [-0.3, -0.25) is 9.78 Å². The SMILES string of the molecule is Nc1cc(F)c(-c2c(F)cccc2F)nc1C(=O)Nc1cnccc1OC1CCCC(N)C1. The van der Waals surface area contributed by atoms with Crippen LogP contribution in [0, 0.1) is 17.5 Å². The van der Waals surface area contributed by atoms with Crippen molar-refractivity contribution >= 4 is 17.3 Å². The van der Waals surface area contributed by atoms with Gasteiger partial charge in [-0.2, -0.15) is 0 Å². The van der Waals surface area contributed by atoms with Crippen molar-refractivity contribution in [1.82, 2.24) is 9.97 Å². The van der Waals surface area contributed by atoms with Crippen LogP contribution in [-0.4, -0.2) is 28.0 Å². The number of amides is 1. The molecule has 1 aliphatic rings. The minimum absolute atomic E-state index is 0.0454. The molecule has 1 amide bonds. The van der Waals surface area contributed by atoms with Crippen molar-refractivity contribution < 1.29 is 22.7 Å². The monoisotopic (exact) mass is 457 g/mol. The molecule has 1 aromatic carbocycles. The fourth-order valence-electron chi connectivity index (χ4n) is 3.81. The second-order valence-electron chi connectivity index (χ2n) is 7.85. The Kier molecular flexibility index (Phi) is 6.45. The van der Waals surface area contributed by atoms with E-state index in [0.717, 1.165) is 43.5 Å². The largest absolute Gasteiger partial charge is 0.488 e. The maximum Gasteiger partial charge on any atom is 0.276 e. The Bertz CT molecular complexity index is 1170. The molecule has 1 saturated carbocycles. The minimum atomic E-state index is -1.06. The average molecular weight is 457 g/mol. The molecule has 2 heterocycles. The summed E-state index contributed by atoms with van der Waals surface area (Å²) < 4.78 is 48.9. The number of nitrogens with two attached hydrogens (primary N) is 2. The molecule has 0 spiro atoms. The average Bonchev–Trinajstić information content (AvgIpc) is 2.76. The smallest absolute Gasteiger partial charge is 0.276 e. The van der Waals surface area contributed by atoms with E-state index in [1.165, 1.54) is 12.4 Å². The van der Waals surface area contributed by atoms with Crippen LogP contribution in [0.4, 0.5) is 24.5 Å². The molecule has 4 rings (SSSR count). The first-order valence-corrected chi connectivity index (χ1v) is 10.4. The number of nitrogen functional groups attached to an aromatic ring is 1. The lowest BCUT2D eigenvalue weighted by Gasteiger charge is -2.28. The lowest BCUT2D eigenvalue weighted by Crippen LogP contribution is -2.33. The van der Waals surface area contributed by atoms with Crippen LogP contribution in [0.1, 0.15) is 36.2 Å². The molecule has 172 valence electrons. The van der Waals surface area contributed by atoms with Gasteiger partial charge < -0.3 is 21.5 Å². The number of benzene rings is 1. The molecule has 1 aliphatic carbocycles. The Labute approximate surface area is 188 Å². The van der Waals surface area contributed by atoms with Crippen LogP contribution in [-0.2, 0) is 0 Å². The first-order chi connectivity index (χ1) is 15.8. The zero-order chi connectivity index (χ0) is 23.5. The first-order valence-electron chi connectivity index (χ1n) is 10.4. The van der Waals surface area contributed by atoms with Gasteiger partial charge in [-0.1, -0.05) is 6.07 Å². The summed E-state index contributed by atoms with van der Waals surface area (Å²) in [4.78, 5) is 20.8. The van der Waals surface area contributed by atoms with E-state index in [1.807, 2.05) is 0 Å². The summed E-state index contributed by atoms with van der Waals surface area (Å²) in [6.07, 6.45) is 6.15. The molecule has 0 saturated heterocycles. The zero-order valence-corrected chi connectivity index (χ0v) is 17.5. The highest BCUT2D eigenvalue weighted by molar-refractivity contribution is 6.07. The molecule has 1 fully saturated rings. The van der Waals surface area contributed by atoms with Gasteiger partial charge in [0.2, 0.25) is 0 Å². The van der Waals surface area contributed by atoms with Crippen LogP contribution in [0.15, 0.2) is 42.7 Å². The van der Waals surface area contributed by atoms with Crippen LogP contribution in [0.3, 0.4) is 0 Å². The topological polar surface area (TPSA) is 116 Å². The van der Waals surface area contributed by atoms with Gasteiger partial charge in [0.15, 0.2) is 11.5 Å². The number of rotatable bonds is 5. The summed E-state index contributed by atoms with van der Waals surface area (Å²) in [6.45, 7) is 0. The standard InChI is InChI=1S/C23H22F3N5O2/c24-14-5-2-6-15(25)20(14)21-16(26)10-17(28)22(31-21)23(32)30-18-11-29-8-7-19(18)33-13-4-1-3-12(27)9-13/h2,5-8,10-13H,1,3-4,9,27-28H2,(H,30,32). The Morgan fingerprint density at radius 2 is 1.88 bits per heavy atom. The van der Waals surface area contributed by atoms with Crippen molar-refractivity contribution in [1.29, 1.82) is 0 Å². The lowest BCUT2D eigenvalue weighted by atomic mass is 9.93. The molecule has 10 heteroatoms. The van der Waals surface area contributed by atoms with Gasteiger partial charge in [0, 0.05) is 24.4 Å². The molecule has 33 heavy (non-hydrogen) atoms. The summed E-state index contributed by atoms with van der Waals surface area (Å²) in [5, 5.41) is 2.59. The molecule has 3 aromatic rings. The second kappa shape index (κ2) is 9.45. The van der Waals surface area contributed by atoms with E-state index in [1.54, 1.807) is 6.07 Å². The third-order valence-electron chi connectivity index (χ3n) is 5.41. The van der Waals surface area contributed by atoms with Crippen molar-refractivity contribution in [2.45, 2.75) is 37.8 Å². The number of halogens is 3. The summed E-state index contributed by atoms with van der Waals surface area (Å²) in [7, 11) is 0. The summed E-state index contributed by atoms with van der Waals surface area (Å²) in [6, 6.07) is 5.51. The van der Waals surface area contributed by atoms with Crippen molar-refractivity contribution in [2.75, 3.05) is 11.1 Å². The van der Waals surface area contributed by atoms with Crippen LogP contribution >= 0.6 is 0 Å². The number of nitrogens with zero attached hydrogens (tertiary/aromatic N) is 2. The van der Waals surface area contributed by atoms with E-state index in [0.29, 0.717) is 12.2 Å². The van der Waals surface area contributed by atoms with Gasteiger partial charge in [-0.15, -0.1) is 0 Å². The number of hydrogen-bond acceptors (Lipinski definition) is 6. The van der Waals surface area contributed by atoms with Gasteiger partial charge in [0.05, 0.1) is 17.4 Å². The third kappa shape index (κ3) is 4.90. The second-order valence-corrected chi connectivity index (χ2v) is 7.85. The number of carbonyl (C=O) groups is 1. The van der Waals surface area contributed by atoms with Crippen molar-refractivity contribution in [3.8, 4) is 17.0 Å². The predicted octanol–water partition coefficient (Wildman–Crippen LogP) is 4.04. The van der Waals surface area contributed by atoms with Gasteiger partial charge >= 0.3 is 0 Å². The molecule has 0 radical (unpaired) electrons. The van der Waals surface area contributed by atoms with Crippen molar-refractivity contribution in [2.24, 2.45) is 5.73 Å². The number of ether oxygens (including phenoxy) is 1. The molecular weight excluding hydrogens is 435 g/mol. The van der Waals surface area contributed by atoms with E-state index >= 15 is 0 Å². The molecule has 5 N–H and O–H groups in total. The summed E-state index contributed by atoms with van der Waals surface area (Å²) >= 11 is 0.